The Morgan fingerprint density at radius 1 is 0.500 bits per heavy atom. The first kappa shape index (κ1) is 58.5. The van der Waals surface area contributed by atoms with Crippen molar-refractivity contribution in [2.24, 2.45) is 0 Å². The van der Waals surface area contributed by atoms with Crippen molar-refractivity contribution in [1.82, 2.24) is 0 Å². The first-order valence-corrected chi connectivity index (χ1v) is 26.6. The number of carbonyl (C=O) groups is 2. The molecule has 2 atom stereocenters. The first-order valence-electron chi connectivity index (χ1n) is 25.1. The summed E-state index contributed by atoms with van der Waals surface area (Å²) < 4.78 is 34.4. The number of unbranched alkanes of at least 4 members (excludes halogenated alkanes) is 28. The van der Waals surface area contributed by atoms with Gasteiger partial charge in [0.25, 0.3) is 0 Å². The Morgan fingerprint density at radius 2 is 0.850 bits per heavy atom. The summed E-state index contributed by atoms with van der Waals surface area (Å²) in [5.74, 6) is -0.809. The Morgan fingerprint density at radius 3 is 1.25 bits per heavy atom. The van der Waals surface area contributed by atoms with Crippen LogP contribution < -0.4 is 0 Å². The second-order valence-electron chi connectivity index (χ2n) is 18.2. The van der Waals surface area contributed by atoms with Crippen LogP contribution in [0.15, 0.2) is 24.3 Å². The molecule has 1 N–H and O–H groups in total. The maximum Gasteiger partial charge on any atom is 0.472 e. The SMILES string of the molecule is CCCCCCCC/C=C/CCCCCCCCCCCCCC(=O)OC[C@@H](COP(=O)(O)OCC[N+](C)(C)C)OC(=O)CCCCC/C=C/CCCCCCCCCC. The fraction of sp³-hybridized carbons (Fsp3) is 0.880. The van der Waals surface area contributed by atoms with Gasteiger partial charge in [0.05, 0.1) is 27.7 Å². The number of quaternary nitrogens is 1. The summed E-state index contributed by atoms with van der Waals surface area (Å²) in [5, 5.41) is 0. The maximum absolute atomic E-state index is 12.7. The molecule has 0 rings (SSSR count). The smallest absolute Gasteiger partial charge is 0.462 e. The normalized spacial score (nSPS) is 13.6. The van der Waals surface area contributed by atoms with Crippen molar-refractivity contribution in [2.75, 3.05) is 47.5 Å². The first-order chi connectivity index (χ1) is 29.0. The predicted octanol–water partition coefficient (Wildman–Crippen LogP) is 14.7. The number of nitrogens with zero attached hydrogens (tertiary/aromatic N) is 1. The number of phosphoric ester groups is 1. The van der Waals surface area contributed by atoms with Gasteiger partial charge >= 0.3 is 19.8 Å². The van der Waals surface area contributed by atoms with E-state index in [2.05, 4.69) is 38.2 Å². The molecule has 354 valence electrons. The van der Waals surface area contributed by atoms with Crippen LogP contribution in [0, 0.1) is 0 Å². The lowest BCUT2D eigenvalue weighted by atomic mass is 10.0. The molecule has 0 radical (unpaired) electrons. The topological polar surface area (TPSA) is 108 Å². The number of phosphoric acid groups is 1. The van der Waals surface area contributed by atoms with Crippen LogP contribution in [0.2, 0.25) is 0 Å². The Bertz CT molecular complexity index is 1070. The highest BCUT2D eigenvalue weighted by Gasteiger charge is 2.27. The van der Waals surface area contributed by atoms with E-state index in [4.69, 9.17) is 18.5 Å². The molecule has 1 unspecified atom stereocenters. The van der Waals surface area contributed by atoms with E-state index in [-0.39, 0.29) is 32.0 Å². The van der Waals surface area contributed by atoms with Gasteiger partial charge in [-0.2, -0.15) is 0 Å². The fourth-order valence-corrected chi connectivity index (χ4v) is 7.75. The second-order valence-corrected chi connectivity index (χ2v) is 19.6. The maximum atomic E-state index is 12.7. The minimum Gasteiger partial charge on any atom is -0.462 e. The van der Waals surface area contributed by atoms with E-state index in [1.54, 1.807) is 0 Å². The molecule has 9 nitrogen and oxygen atoms in total. The number of esters is 2. The van der Waals surface area contributed by atoms with Crippen LogP contribution in [-0.4, -0.2) is 74.9 Å². The van der Waals surface area contributed by atoms with E-state index in [0.717, 1.165) is 44.9 Å². The molecule has 10 heteroatoms. The van der Waals surface area contributed by atoms with E-state index in [1.807, 2.05) is 21.1 Å². The summed E-state index contributed by atoms with van der Waals surface area (Å²) in [6.45, 7) is 4.43. The van der Waals surface area contributed by atoms with Crippen LogP contribution in [0.25, 0.3) is 0 Å². The number of carbonyl (C=O) groups excluding carboxylic acids is 2. The van der Waals surface area contributed by atoms with E-state index >= 15 is 0 Å². The molecule has 0 aliphatic carbocycles. The third kappa shape index (κ3) is 46.0. The molecule has 0 heterocycles. The highest BCUT2D eigenvalue weighted by atomic mass is 31.2. The highest BCUT2D eigenvalue weighted by molar-refractivity contribution is 7.47. The van der Waals surface area contributed by atoms with Crippen molar-refractivity contribution in [2.45, 2.75) is 238 Å². The van der Waals surface area contributed by atoms with E-state index in [9.17, 15) is 19.0 Å². The molecule has 60 heavy (non-hydrogen) atoms. The van der Waals surface area contributed by atoms with Crippen LogP contribution in [-0.2, 0) is 32.7 Å². The molecule has 0 aliphatic rings. The van der Waals surface area contributed by atoms with E-state index in [0.29, 0.717) is 17.4 Å². The van der Waals surface area contributed by atoms with Crippen molar-refractivity contribution in [1.29, 1.82) is 0 Å². The molecule has 0 bridgehead atoms. The lowest BCUT2D eigenvalue weighted by Crippen LogP contribution is -2.37. The van der Waals surface area contributed by atoms with Gasteiger partial charge < -0.3 is 18.9 Å². The molecular weight excluding hydrogens is 774 g/mol. The average Bonchev–Trinajstić information content (AvgIpc) is 3.20. The molecule has 0 saturated carbocycles. The Hall–Kier alpha value is -1.51. The van der Waals surface area contributed by atoms with Gasteiger partial charge in [-0.15, -0.1) is 0 Å². The standard InChI is InChI=1S/C50H96NO8P/c1-6-8-10-12-14-16-18-20-22-23-24-25-26-27-29-30-32-34-36-38-40-42-49(52)56-46-48(47-58-60(54,55)57-45-44-51(3,4)5)59-50(53)43-41-39-37-35-33-31-28-21-19-17-15-13-11-9-7-2/h20,22,31,33,48H,6-19,21,23-30,32,34-47H2,1-5H3/p+1/b22-20+,33-31+/t48-/m0/s1. The minimum atomic E-state index is -4.38. The summed E-state index contributed by atoms with van der Waals surface area (Å²) in [5.41, 5.74) is 0. The monoisotopic (exact) mass is 871 g/mol. The number of hydrogen-bond acceptors (Lipinski definition) is 7. The number of likely N-dealkylation sites (N-methyl/N-ethyl adjacent to an activating group) is 1. The fourth-order valence-electron chi connectivity index (χ4n) is 7.00. The molecule has 0 amide bonds. The van der Waals surface area contributed by atoms with E-state index in [1.165, 1.54) is 154 Å². The third-order valence-corrected chi connectivity index (χ3v) is 11.9. The van der Waals surface area contributed by atoms with Crippen LogP contribution in [0.5, 0.6) is 0 Å². The molecule has 0 saturated heterocycles. The summed E-state index contributed by atoms with van der Waals surface area (Å²) in [6.07, 6.45) is 48.0. The van der Waals surface area contributed by atoms with Crippen molar-refractivity contribution in [3.63, 3.8) is 0 Å². The largest absolute Gasteiger partial charge is 0.472 e. The van der Waals surface area contributed by atoms with Crippen molar-refractivity contribution < 1.29 is 42.1 Å². The van der Waals surface area contributed by atoms with Crippen LogP contribution in [0.3, 0.4) is 0 Å². The Balaban J connectivity index is 4.24. The van der Waals surface area contributed by atoms with Gasteiger partial charge in [-0.3, -0.25) is 18.6 Å². The lowest BCUT2D eigenvalue weighted by molar-refractivity contribution is -0.870. The minimum absolute atomic E-state index is 0.0305. The molecular formula is C50H97NO8P+. The van der Waals surface area contributed by atoms with Crippen LogP contribution >= 0.6 is 7.82 Å². The molecule has 0 aromatic heterocycles. The summed E-state index contributed by atoms with van der Waals surface area (Å²) in [4.78, 5) is 35.5. The number of allylic oxidation sites excluding steroid dienone is 4. The molecule has 0 aromatic rings. The zero-order valence-electron chi connectivity index (χ0n) is 40.0. The highest BCUT2D eigenvalue weighted by Crippen LogP contribution is 2.43. The Labute approximate surface area is 370 Å². The molecule has 0 spiro atoms. The summed E-state index contributed by atoms with van der Waals surface area (Å²) >= 11 is 0. The van der Waals surface area contributed by atoms with Gasteiger partial charge in [0.2, 0.25) is 0 Å². The van der Waals surface area contributed by atoms with E-state index < -0.39 is 26.5 Å². The van der Waals surface area contributed by atoms with Gasteiger partial charge in [-0.05, 0) is 64.2 Å². The van der Waals surface area contributed by atoms with Crippen LogP contribution in [0.1, 0.15) is 232 Å². The number of rotatable bonds is 46. The van der Waals surface area contributed by atoms with Gasteiger partial charge in [-0.1, -0.05) is 179 Å². The summed E-state index contributed by atoms with van der Waals surface area (Å²) in [6, 6.07) is 0. The van der Waals surface area contributed by atoms with Crippen LogP contribution in [0.4, 0.5) is 0 Å². The average molecular weight is 871 g/mol. The van der Waals surface area contributed by atoms with Gasteiger partial charge in [0, 0.05) is 12.8 Å². The third-order valence-electron chi connectivity index (χ3n) is 11.0. The van der Waals surface area contributed by atoms with Gasteiger partial charge in [0.15, 0.2) is 6.10 Å². The zero-order chi connectivity index (χ0) is 44.3. The molecule has 0 fully saturated rings. The quantitative estimate of drug-likeness (QED) is 0.0212. The van der Waals surface area contributed by atoms with Gasteiger partial charge in [-0.25, -0.2) is 4.57 Å². The lowest BCUT2D eigenvalue weighted by Gasteiger charge is -2.24. The molecule has 0 aromatic carbocycles. The number of ether oxygens (including phenoxy) is 2. The summed E-state index contributed by atoms with van der Waals surface area (Å²) in [7, 11) is 1.47. The molecule has 0 aliphatic heterocycles. The van der Waals surface area contributed by atoms with Crippen molar-refractivity contribution in [3.8, 4) is 0 Å². The number of hydrogen-bond donors (Lipinski definition) is 1. The Kier molecular flexibility index (Phi) is 41.7. The van der Waals surface area contributed by atoms with Crippen molar-refractivity contribution >= 4 is 19.8 Å². The second kappa shape index (κ2) is 42.8. The van der Waals surface area contributed by atoms with Crippen molar-refractivity contribution in [3.05, 3.63) is 24.3 Å². The van der Waals surface area contributed by atoms with Gasteiger partial charge in [0.1, 0.15) is 19.8 Å². The predicted molar refractivity (Wildman–Crippen MR) is 252 cm³/mol. The zero-order valence-corrected chi connectivity index (χ0v) is 40.9.